The summed E-state index contributed by atoms with van der Waals surface area (Å²) >= 11 is 0. The Labute approximate surface area is 95.7 Å². The highest BCUT2D eigenvalue weighted by atomic mass is 35.5. The summed E-state index contributed by atoms with van der Waals surface area (Å²) in [5.74, 6) is 4.77. The van der Waals surface area contributed by atoms with Crippen molar-refractivity contribution in [1.82, 2.24) is 0 Å². The maximum atomic E-state index is 10.4. The minimum Gasteiger partial charge on any atom is -0.300 e. The summed E-state index contributed by atoms with van der Waals surface area (Å²) in [7, 11) is 0. The van der Waals surface area contributed by atoms with Gasteiger partial charge in [-0.15, -0.1) is 12.4 Å². The standard InChI is InChI=1S/C7H7N3O5.ClH/c8-15-4-5-1-6(9(11)12)3-7(2-5)10(13)14;/h1-3H,4,8H2;1H. The van der Waals surface area contributed by atoms with Crippen LogP contribution < -0.4 is 5.90 Å². The quantitative estimate of drug-likeness (QED) is 0.634. The van der Waals surface area contributed by atoms with Gasteiger partial charge in [0, 0.05) is 12.1 Å². The Hall–Kier alpha value is -1.77. The molecule has 1 aromatic rings. The molecule has 0 unspecified atom stereocenters. The molecule has 0 bridgehead atoms. The zero-order valence-electron chi connectivity index (χ0n) is 7.86. The average molecular weight is 250 g/mol. The van der Waals surface area contributed by atoms with E-state index in [4.69, 9.17) is 5.90 Å². The highest BCUT2D eigenvalue weighted by Gasteiger charge is 2.15. The van der Waals surface area contributed by atoms with E-state index in [-0.39, 0.29) is 36.0 Å². The molecule has 88 valence electrons. The Morgan fingerprint density at radius 2 is 1.56 bits per heavy atom. The van der Waals surface area contributed by atoms with Crippen LogP contribution in [0.15, 0.2) is 18.2 Å². The van der Waals surface area contributed by atoms with Crippen molar-refractivity contribution in [2.45, 2.75) is 6.61 Å². The molecule has 0 saturated heterocycles. The number of hydrogen-bond donors (Lipinski definition) is 1. The van der Waals surface area contributed by atoms with Gasteiger partial charge in [0.25, 0.3) is 11.4 Å². The molecule has 1 rings (SSSR count). The summed E-state index contributed by atoms with van der Waals surface area (Å²) in [5, 5.41) is 20.9. The fraction of sp³-hybridized carbons (Fsp3) is 0.143. The van der Waals surface area contributed by atoms with Crippen LogP contribution in [0.5, 0.6) is 0 Å². The third-order valence-corrected chi connectivity index (χ3v) is 1.63. The molecule has 8 nitrogen and oxygen atoms in total. The number of halogens is 1. The highest BCUT2D eigenvalue weighted by molar-refractivity contribution is 5.85. The molecule has 0 spiro atoms. The fourth-order valence-electron chi connectivity index (χ4n) is 1.05. The minimum atomic E-state index is -0.715. The predicted molar refractivity (Wildman–Crippen MR) is 56.0 cm³/mol. The number of rotatable bonds is 4. The van der Waals surface area contributed by atoms with Crippen LogP contribution in [0.4, 0.5) is 11.4 Å². The molecule has 0 aliphatic carbocycles. The Morgan fingerprint density at radius 3 is 1.88 bits per heavy atom. The molecule has 0 saturated carbocycles. The van der Waals surface area contributed by atoms with Gasteiger partial charge in [0.05, 0.1) is 22.5 Å². The van der Waals surface area contributed by atoms with Crippen molar-refractivity contribution in [3.8, 4) is 0 Å². The fourth-order valence-corrected chi connectivity index (χ4v) is 1.05. The predicted octanol–water partition coefficient (Wildman–Crippen LogP) is 1.32. The molecule has 0 aliphatic heterocycles. The molecule has 0 aliphatic rings. The Balaban J connectivity index is 0.00000225. The van der Waals surface area contributed by atoms with Gasteiger partial charge in [-0.2, -0.15) is 0 Å². The number of benzene rings is 1. The van der Waals surface area contributed by atoms with Crippen molar-refractivity contribution in [2.24, 2.45) is 5.90 Å². The molecular formula is C7H8ClN3O5. The number of nitrogens with zero attached hydrogens (tertiary/aromatic N) is 2. The van der Waals surface area contributed by atoms with Gasteiger partial charge in [0.15, 0.2) is 0 Å². The van der Waals surface area contributed by atoms with Gasteiger partial charge in [0.1, 0.15) is 0 Å². The van der Waals surface area contributed by atoms with Crippen molar-refractivity contribution < 1.29 is 14.7 Å². The molecule has 9 heteroatoms. The van der Waals surface area contributed by atoms with E-state index < -0.39 is 9.85 Å². The number of nitro benzene ring substituents is 2. The summed E-state index contributed by atoms with van der Waals surface area (Å²) in [6, 6.07) is 3.21. The first-order valence-electron chi connectivity index (χ1n) is 3.79. The summed E-state index contributed by atoms with van der Waals surface area (Å²) < 4.78 is 0. The lowest BCUT2D eigenvalue weighted by Gasteiger charge is -1.99. The second-order valence-electron chi connectivity index (χ2n) is 2.68. The lowest BCUT2D eigenvalue weighted by Crippen LogP contribution is -2.01. The SMILES string of the molecule is Cl.NOCc1cc([N+](=O)[O-])cc([N+](=O)[O-])c1. The first-order valence-corrected chi connectivity index (χ1v) is 3.79. The monoisotopic (exact) mass is 249 g/mol. The molecule has 0 radical (unpaired) electrons. The third kappa shape index (κ3) is 3.42. The molecular weight excluding hydrogens is 242 g/mol. The van der Waals surface area contributed by atoms with Crippen LogP contribution in [-0.2, 0) is 11.4 Å². The van der Waals surface area contributed by atoms with Crippen LogP contribution in [0.1, 0.15) is 5.56 Å². The van der Waals surface area contributed by atoms with Gasteiger partial charge in [-0.3, -0.25) is 25.1 Å². The normalized spacial score (nSPS) is 9.31. The Kier molecular flexibility index (Phi) is 5.30. The van der Waals surface area contributed by atoms with Gasteiger partial charge in [-0.25, -0.2) is 5.90 Å². The Morgan fingerprint density at radius 1 is 1.12 bits per heavy atom. The lowest BCUT2D eigenvalue weighted by atomic mass is 10.2. The van der Waals surface area contributed by atoms with Crippen LogP contribution in [0.25, 0.3) is 0 Å². The van der Waals surface area contributed by atoms with E-state index >= 15 is 0 Å². The molecule has 0 amide bonds. The molecule has 0 aromatic heterocycles. The van der Waals surface area contributed by atoms with Crippen LogP contribution in [0.3, 0.4) is 0 Å². The minimum absolute atomic E-state index is 0. The lowest BCUT2D eigenvalue weighted by molar-refractivity contribution is -0.394. The Bertz CT molecular complexity index is 379. The van der Waals surface area contributed by atoms with Crippen LogP contribution in [-0.4, -0.2) is 9.85 Å². The summed E-state index contributed by atoms with van der Waals surface area (Å²) in [6.45, 7) is -0.123. The number of nitro groups is 2. The number of non-ortho nitro benzene ring substituents is 2. The van der Waals surface area contributed by atoms with Crippen LogP contribution in [0, 0.1) is 20.2 Å². The first-order chi connectivity index (χ1) is 7.04. The number of nitrogens with two attached hydrogens (primary N) is 1. The molecule has 0 heterocycles. The van der Waals surface area contributed by atoms with E-state index in [1.165, 1.54) is 12.1 Å². The topological polar surface area (TPSA) is 122 Å². The average Bonchev–Trinajstić information content (AvgIpc) is 2.17. The van der Waals surface area contributed by atoms with Gasteiger partial charge >= 0.3 is 0 Å². The molecule has 1 aromatic carbocycles. The van der Waals surface area contributed by atoms with Crippen molar-refractivity contribution >= 4 is 23.8 Å². The zero-order chi connectivity index (χ0) is 11.4. The van der Waals surface area contributed by atoms with Crippen molar-refractivity contribution in [3.05, 3.63) is 44.0 Å². The molecule has 0 atom stereocenters. The van der Waals surface area contributed by atoms with Gasteiger partial charge in [0.2, 0.25) is 0 Å². The second kappa shape index (κ2) is 5.95. The van der Waals surface area contributed by atoms with E-state index in [9.17, 15) is 20.2 Å². The largest absolute Gasteiger partial charge is 0.300 e. The van der Waals surface area contributed by atoms with Crippen molar-refractivity contribution in [2.75, 3.05) is 0 Å². The smallest absolute Gasteiger partial charge is 0.276 e. The summed E-state index contributed by atoms with van der Waals surface area (Å²) in [6.07, 6.45) is 0. The van der Waals surface area contributed by atoms with Crippen LogP contribution in [0.2, 0.25) is 0 Å². The highest BCUT2D eigenvalue weighted by Crippen LogP contribution is 2.22. The van der Waals surface area contributed by atoms with Gasteiger partial charge in [-0.1, -0.05) is 0 Å². The maximum absolute atomic E-state index is 10.4. The van der Waals surface area contributed by atoms with Crippen LogP contribution >= 0.6 is 12.4 Å². The second-order valence-corrected chi connectivity index (χ2v) is 2.68. The number of hydrogen-bond acceptors (Lipinski definition) is 6. The molecule has 2 N–H and O–H groups in total. The first kappa shape index (κ1) is 14.2. The van der Waals surface area contributed by atoms with Gasteiger partial charge in [-0.05, 0) is 5.56 Å². The van der Waals surface area contributed by atoms with E-state index in [2.05, 4.69) is 4.84 Å². The van der Waals surface area contributed by atoms with Crippen molar-refractivity contribution in [3.63, 3.8) is 0 Å². The molecule has 0 fully saturated rings. The third-order valence-electron chi connectivity index (χ3n) is 1.63. The van der Waals surface area contributed by atoms with Gasteiger partial charge < -0.3 is 0 Å². The zero-order valence-corrected chi connectivity index (χ0v) is 8.68. The summed E-state index contributed by atoms with van der Waals surface area (Å²) in [5.41, 5.74) is -0.453. The summed E-state index contributed by atoms with van der Waals surface area (Å²) in [4.78, 5) is 23.7. The molecule has 16 heavy (non-hydrogen) atoms. The maximum Gasteiger partial charge on any atom is 0.276 e. The van der Waals surface area contributed by atoms with E-state index in [0.29, 0.717) is 0 Å². The van der Waals surface area contributed by atoms with E-state index in [1.807, 2.05) is 0 Å². The van der Waals surface area contributed by atoms with Crippen molar-refractivity contribution in [1.29, 1.82) is 0 Å². The van der Waals surface area contributed by atoms with E-state index in [0.717, 1.165) is 6.07 Å². The van der Waals surface area contributed by atoms with E-state index in [1.54, 1.807) is 0 Å².